The number of fused-ring (bicyclic) bond motifs is 6. The molecule has 3 nitrogen and oxygen atoms in total. The minimum atomic E-state index is 0.965. The Bertz CT molecular complexity index is 895. The van der Waals surface area contributed by atoms with E-state index in [0.29, 0.717) is 0 Å². The third-order valence-electron chi connectivity index (χ3n) is 3.21. The number of aromatic nitrogens is 3. The van der Waals surface area contributed by atoms with Gasteiger partial charge in [-0.1, -0.05) is 22.0 Å². The van der Waals surface area contributed by atoms with Gasteiger partial charge in [0.05, 0.1) is 11.7 Å². The summed E-state index contributed by atoms with van der Waals surface area (Å²) < 4.78 is 3.14. The first-order valence-electron chi connectivity index (χ1n) is 5.62. The molecule has 0 saturated heterocycles. The molecule has 0 atom stereocenters. The van der Waals surface area contributed by atoms with Gasteiger partial charge in [0.1, 0.15) is 5.65 Å². The predicted octanol–water partition coefficient (Wildman–Crippen LogP) is 3.80. The molecule has 4 rings (SSSR count). The van der Waals surface area contributed by atoms with Crippen molar-refractivity contribution in [2.75, 3.05) is 0 Å². The van der Waals surface area contributed by atoms with Crippen molar-refractivity contribution < 1.29 is 0 Å². The molecule has 0 aliphatic rings. The molecule has 0 fully saturated rings. The smallest absolute Gasteiger partial charge is 0.145 e. The van der Waals surface area contributed by atoms with Crippen LogP contribution in [0.3, 0.4) is 0 Å². The molecule has 0 unspecified atom stereocenters. The van der Waals surface area contributed by atoms with E-state index >= 15 is 0 Å². The summed E-state index contributed by atoms with van der Waals surface area (Å²) in [5.74, 6) is 0. The van der Waals surface area contributed by atoms with Crippen LogP contribution in [0, 0.1) is 0 Å². The summed E-state index contributed by atoms with van der Waals surface area (Å²) in [6.45, 7) is 0. The monoisotopic (exact) mass is 297 g/mol. The van der Waals surface area contributed by atoms with Crippen molar-refractivity contribution in [3.8, 4) is 0 Å². The highest BCUT2D eigenvalue weighted by Crippen LogP contribution is 2.30. The van der Waals surface area contributed by atoms with Gasteiger partial charge in [0.25, 0.3) is 0 Å². The molecule has 4 aromatic rings. The molecule has 0 aliphatic heterocycles. The molecule has 0 N–H and O–H groups in total. The quantitative estimate of drug-likeness (QED) is 0.462. The SMILES string of the molecule is Brc1ccc2c3ccncc3n3ccnc3c2c1. The van der Waals surface area contributed by atoms with Crippen LogP contribution in [0.1, 0.15) is 0 Å². The highest BCUT2D eigenvalue weighted by atomic mass is 79.9. The Morgan fingerprint density at radius 1 is 1.00 bits per heavy atom. The first-order valence-corrected chi connectivity index (χ1v) is 6.42. The van der Waals surface area contributed by atoms with E-state index in [4.69, 9.17) is 0 Å². The lowest BCUT2D eigenvalue weighted by atomic mass is 10.1. The van der Waals surface area contributed by atoms with Crippen LogP contribution in [0.25, 0.3) is 27.3 Å². The van der Waals surface area contributed by atoms with Gasteiger partial charge in [-0.05, 0) is 23.6 Å². The zero-order chi connectivity index (χ0) is 12.1. The molecule has 18 heavy (non-hydrogen) atoms. The van der Waals surface area contributed by atoms with Crippen molar-refractivity contribution in [3.63, 3.8) is 0 Å². The maximum absolute atomic E-state index is 4.45. The second kappa shape index (κ2) is 3.53. The van der Waals surface area contributed by atoms with E-state index in [1.165, 1.54) is 10.8 Å². The summed E-state index contributed by atoms with van der Waals surface area (Å²) >= 11 is 3.52. The van der Waals surface area contributed by atoms with Crippen molar-refractivity contribution >= 4 is 43.3 Å². The lowest BCUT2D eigenvalue weighted by Crippen LogP contribution is -1.91. The maximum Gasteiger partial charge on any atom is 0.145 e. The number of imidazole rings is 1. The van der Waals surface area contributed by atoms with Crippen molar-refractivity contribution in [2.45, 2.75) is 0 Å². The van der Waals surface area contributed by atoms with Crippen LogP contribution in [-0.2, 0) is 0 Å². The Hall–Kier alpha value is -1.94. The second-order valence-corrected chi connectivity index (χ2v) is 5.12. The molecule has 86 valence electrons. The van der Waals surface area contributed by atoms with Crippen LogP contribution in [0.2, 0.25) is 0 Å². The Labute approximate surface area is 111 Å². The van der Waals surface area contributed by atoms with Gasteiger partial charge in [0, 0.05) is 33.8 Å². The molecule has 0 amide bonds. The molecule has 0 bridgehead atoms. The van der Waals surface area contributed by atoms with Crippen molar-refractivity contribution in [1.29, 1.82) is 0 Å². The fourth-order valence-electron chi connectivity index (χ4n) is 2.44. The van der Waals surface area contributed by atoms with Gasteiger partial charge in [0.2, 0.25) is 0 Å². The van der Waals surface area contributed by atoms with Crippen LogP contribution in [0.5, 0.6) is 0 Å². The molecule has 3 heterocycles. The molecule has 0 spiro atoms. The molecule has 0 radical (unpaired) electrons. The lowest BCUT2D eigenvalue weighted by molar-refractivity contribution is 1.24. The molecule has 0 saturated carbocycles. The Morgan fingerprint density at radius 2 is 1.94 bits per heavy atom. The van der Waals surface area contributed by atoms with Crippen molar-refractivity contribution in [1.82, 2.24) is 14.4 Å². The average Bonchev–Trinajstić information content (AvgIpc) is 2.88. The number of benzene rings is 1. The minimum Gasteiger partial charge on any atom is -0.298 e. The minimum absolute atomic E-state index is 0.965. The molecular formula is C14H8BrN3. The van der Waals surface area contributed by atoms with Gasteiger partial charge in [-0.25, -0.2) is 4.98 Å². The maximum atomic E-state index is 4.45. The third kappa shape index (κ3) is 1.24. The lowest BCUT2D eigenvalue weighted by Gasteiger charge is -2.07. The molecule has 3 aromatic heterocycles. The fourth-order valence-corrected chi connectivity index (χ4v) is 2.80. The molecular weight excluding hydrogens is 290 g/mol. The van der Waals surface area contributed by atoms with Gasteiger partial charge in [-0.2, -0.15) is 0 Å². The predicted molar refractivity (Wildman–Crippen MR) is 75.7 cm³/mol. The summed E-state index contributed by atoms with van der Waals surface area (Å²) in [7, 11) is 0. The van der Waals surface area contributed by atoms with E-state index < -0.39 is 0 Å². The third-order valence-corrected chi connectivity index (χ3v) is 3.71. The van der Waals surface area contributed by atoms with Crippen LogP contribution in [0.15, 0.2) is 53.5 Å². The molecule has 4 heteroatoms. The number of hydrogen-bond donors (Lipinski definition) is 0. The first-order chi connectivity index (χ1) is 8.84. The van der Waals surface area contributed by atoms with Crippen LogP contribution < -0.4 is 0 Å². The summed E-state index contributed by atoms with van der Waals surface area (Å²) in [6.07, 6.45) is 7.50. The summed E-state index contributed by atoms with van der Waals surface area (Å²) in [5.41, 5.74) is 2.05. The summed E-state index contributed by atoms with van der Waals surface area (Å²) in [5, 5.41) is 3.54. The fraction of sp³-hybridized carbons (Fsp3) is 0. The van der Waals surface area contributed by atoms with E-state index in [2.05, 4.69) is 48.5 Å². The molecule has 0 aliphatic carbocycles. The van der Waals surface area contributed by atoms with Crippen molar-refractivity contribution in [2.24, 2.45) is 0 Å². The van der Waals surface area contributed by atoms with E-state index in [9.17, 15) is 0 Å². The number of halogens is 1. The number of nitrogens with zero attached hydrogens (tertiary/aromatic N) is 3. The summed E-state index contributed by atoms with van der Waals surface area (Å²) in [4.78, 5) is 8.66. The van der Waals surface area contributed by atoms with Crippen LogP contribution in [-0.4, -0.2) is 14.4 Å². The Kier molecular flexibility index (Phi) is 1.96. The highest BCUT2D eigenvalue weighted by Gasteiger charge is 2.08. The molecule has 1 aromatic carbocycles. The largest absolute Gasteiger partial charge is 0.298 e. The van der Waals surface area contributed by atoms with Gasteiger partial charge in [-0.3, -0.25) is 9.38 Å². The number of rotatable bonds is 0. The standard InChI is InChI=1S/C14H8BrN3/c15-9-1-2-10-11-3-4-16-8-13(11)18-6-5-17-14(18)12(10)7-9/h1-8H. The van der Waals surface area contributed by atoms with Gasteiger partial charge in [0.15, 0.2) is 0 Å². The van der Waals surface area contributed by atoms with Gasteiger partial charge >= 0.3 is 0 Å². The first kappa shape index (κ1) is 10.0. The normalized spacial score (nSPS) is 11.6. The van der Waals surface area contributed by atoms with E-state index in [-0.39, 0.29) is 0 Å². The topological polar surface area (TPSA) is 30.2 Å². The zero-order valence-electron chi connectivity index (χ0n) is 9.34. The van der Waals surface area contributed by atoms with Crippen molar-refractivity contribution in [3.05, 3.63) is 53.5 Å². The Morgan fingerprint density at radius 3 is 2.89 bits per heavy atom. The Balaban J connectivity index is 2.44. The van der Waals surface area contributed by atoms with Gasteiger partial charge < -0.3 is 0 Å². The average molecular weight is 298 g/mol. The van der Waals surface area contributed by atoms with E-state index in [1.807, 2.05) is 30.9 Å². The zero-order valence-corrected chi connectivity index (χ0v) is 10.9. The van der Waals surface area contributed by atoms with Crippen LogP contribution >= 0.6 is 15.9 Å². The van der Waals surface area contributed by atoms with Crippen LogP contribution in [0.4, 0.5) is 0 Å². The van der Waals surface area contributed by atoms with Gasteiger partial charge in [-0.15, -0.1) is 0 Å². The summed E-state index contributed by atoms with van der Waals surface area (Å²) in [6, 6.07) is 8.33. The van der Waals surface area contributed by atoms with E-state index in [1.54, 1.807) is 0 Å². The number of hydrogen-bond acceptors (Lipinski definition) is 2. The highest BCUT2D eigenvalue weighted by molar-refractivity contribution is 9.10. The second-order valence-electron chi connectivity index (χ2n) is 4.20. The van der Waals surface area contributed by atoms with E-state index in [0.717, 1.165) is 21.0 Å². The number of pyridine rings is 2.